The van der Waals surface area contributed by atoms with Crippen LogP contribution in [-0.2, 0) is 11.3 Å². The minimum atomic E-state index is -0.349. The molecule has 1 aromatic heterocycles. The van der Waals surface area contributed by atoms with E-state index in [4.69, 9.17) is 21.1 Å². The minimum absolute atomic E-state index is 0.0270. The van der Waals surface area contributed by atoms with Crippen LogP contribution in [0.15, 0.2) is 66.9 Å². The van der Waals surface area contributed by atoms with Crippen LogP contribution in [0.2, 0.25) is 5.02 Å². The first-order valence-electron chi connectivity index (χ1n) is 11.2. The summed E-state index contributed by atoms with van der Waals surface area (Å²) < 4.78 is 11.0. The summed E-state index contributed by atoms with van der Waals surface area (Å²) in [5, 5.41) is 4.00. The van der Waals surface area contributed by atoms with Gasteiger partial charge in [0, 0.05) is 23.7 Å². The zero-order chi connectivity index (χ0) is 22.6. The maximum absolute atomic E-state index is 13.3. The summed E-state index contributed by atoms with van der Waals surface area (Å²) in [4.78, 5) is 20.2. The Morgan fingerprint density at radius 3 is 2.70 bits per heavy atom. The van der Waals surface area contributed by atoms with Gasteiger partial charge in [0.05, 0.1) is 11.7 Å². The number of likely N-dealkylation sites (tertiary alicyclic amines) is 1. The molecule has 170 valence electrons. The van der Waals surface area contributed by atoms with Gasteiger partial charge in [-0.25, -0.2) is 0 Å². The molecule has 1 unspecified atom stereocenters. The van der Waals surface area contributed by atoms with Crippen molar-refractivity contribution in [3.63, 3.8) is 0 Å². The Balaban J connectivity index is 1.25. The fourth-order valence-corrected chi connectivity index (χ4v) is 4.69. The van der Waals surface area contributed by atoms with Gasteiger partial charge in [-0.05, 0) is 73.5 Å². The highest BCUT2D eigenvalue weighted by Crippen LogP contribution is 2.35. The fourth-order valence-electron chi connectivity index (χ4n) is 4.47. The van der Waals surface area contributed by atoms with Crippen LogP contribution in [0.3, 0.4) is 0 Å². The summed E-state index contributed by atoms with van der Waals surface area (Å²) >= 11 is 6.12. The maximum Gasteiger partial charge on any atom is 0.231 e. The molecule has 1 N–H and O–H groups in total. The molecule has 3 aromatic rings. The van der Waals surface area contributed by atoms with E-state index in [1.807, 2.05) is 54.6 Å². The summed E-state index contributed by atoms with van der Waals surface area (Å²) in [6, 6.07) is 19.1. The normalized spacial score (nSPS) is 17.0. The highest BCUT2D eigenvalue weighted by molar-refractivity contribution is 6.30. The zero-order valence-corrected chi connectivity index (χ0v) is 19.0. The van der Waals surface area contributed by atoms with Gasteiger partial charge in [0.15, 0.2) is 11.5 Å². The van der Waals surface area contributed by atoms with Gasteiger partial charge in [0.1, 0.15) is 0 Å². The lowest BCUT2D eigenvalue weighted by molar-refractivity contribution is -0.127. The SMILES string of the molecule is O=C(NC(c1ccc2c(c1)OCO2)c1ccccn1)C1CCN(Cc2cccc(Cl)c2)CC1. The highest BCUT2D eigenvalue weighted by Gasteiger charge is 2.28. The van der Waals surface area contributed by atoms with E-state index in [9.17, 15) is 4.79 Å². The van der Waals surface area contributed by atoms with Crippen molar-refractivity contribution in [3.05, 3.63) is 88.7 Å². The van der Waals surface area contributed by atoms with E-state index in [2.05, 4.69) is 21.3 Å². The van der Waals surface area contributed by atoms with Crippen LogP contribution in [0.4, 0.5) is 0 Å². The lowest BCUT2D eigenvalue weighted by atomic mass is 9.94. The molecule has 2 aliphatic heterocycles. The number of carbonyl (C=O) groups is 1. The second kappa shape index (κ2) is 9.81. The maximum atomic E-state index is 13.3. The Kier molecular flexibility index (Phi) is 6.46. The van der Waals surface area contributed by atoms with Crippen LogP contribution in [0.25, 0.3) is 0 Å². The van der Waals surface area contributed by atoms with E-state index in [1.165, 1.54) is 5.56 Å². The van der Waals surface area contributed by atoms with Gasteiger partial charge in [-0.2, -0.15) is 0 Å². The summed E-state index contributed by atoms with van der Waals surface area (Å²) in [6.45, 7) is 2.82. The average Bonchev–Trinajstić information content (AvgIpc) is 3.31. The van der Waals surface area contributed by atoms with E-state index >= 15 is 0 Å². The molecule has 1 saturated heterocycles. The summed E-state index contributed by atoms with van der Waals surface area (Å²) in [5.41, 5.74) is 2.91. The average molecular weight is 464 g/mol. The molecule has 0 saturated carbocycles. The monoisotopic (exact) mass is 463 g/mol. The summed E-state index contributed by atoms with van der Waals surface area (Å²) in [7, 11) is 0. The number of fused-ring (bicyclic) bond motifs is 1. The first-order chi connectivity index (χ1) is 16.2. The predicted octanol–water partition coefficient (Wildman–Crippen LogP) is 4.58. The first kappa shape index (κ1) is 21.7. The Morgan fingerprint density at radius 2 is 1.91 bits per heavy atom. The van der Waals surface area contributed by atoms with Crippen molar-refractivity contribution in [1.82, 2.24) is 15.2 Å². The third kappa shape index (κ3) is 5.13. The number of carbonyl (C=O) groups excluding carboxylic acids is 1. The highest BCUT2D eigenvalue weighted by atomic mass is 35.5. The molecule has 0 aliphatic carbocycles. The number of rotatable bonds is 6. The molecule has 5 rings (SSSR count). The number of amides is 1. The van der Waals surface area contributed by atoms with Crippen molar-refractivity contribution in [3.8, 4) is 11.5 Å². The Bertz CT molecular complexity index is 1120. The molecule has 2 aromatic carbocycles. The second-order valence-electron chi connectivity index (χ2n) is 8.49. The molecule has 0 bridgehead atoms. The molecule has 1 atom stereocenters. The van der Waals surface area contributed by atoms with Crippen LogP contribution < -0.4 is 14.8 Å². The number of hydrogen-bond acceptors (Lipinski definition) is 5. The van der Waals surface area contributed by atoms with Gasteiger partial charge >= 0.3 is 0 Å². The molecular formula is C26H26ClN3O3. The van der Waals surface area contributed by atoms with E-state index in [1.54, 1.807) is 6.20 Å². The van der Waals surface area contributed by atoms with Gasteiger partial charge in [0.2, 0.25) is 12.7 Å². The number of hydrogen-bond donors (Lipinski definition) is 1. The molecule has 1 amide bonds. The third-order valence-electron chi connectivity index (χ3n) is 6.25. The number of aromatic nitrogens is 1. The van der Waals surface area contributed by atoms with Gasteiger partial charge in [-0.1, -0.05) is 35.9 Å². The molecule has 33 heavy (non-hydrogen) atoms. The minimum Gasteiger partial charge on any atom is -0.454 e. The van der Waals surface area contributed by atoms with Gasteiger partial charge in [-0.3, -0.25) is 14.7 Å². The number of piperidine rings is 1. The van der Waals surface area contributed by atoms with Crippen LogP contribution in [0, 0.1) is 5.92 Å². The molecule has 0 radical (unpaired) electrons. The number of ether oxygens (including phenoxy) is 2. The lowest BCUT2D eigenvalue weighted by Crippen LogP contribution is -2.41. The number of benzene rings is 2. The smallest absolute Gasteiger partial charge is 0.231 e. The Labute approximate surface area is 198 Å². The van der Waals surface area contributed by atoms with Gasteiger partial charge in [-0.15, -0.1) is 0 Å². The number of pyridine rings is 1. The first-order valence-corrected chi connectivity index (χ1v) is 11.6. The third-order valence-corrected chi connectivity index (χ3v) is 6.49. The van der Waals surface area contributed by atoms with E-state index in [-0.39, 0.29) is 24.7 Å². The molecule has 0 spiro atoms. The zero-order valence-electron chi connectivity index (χ0n) is 18.2. The number of halogens is 1. The molecule has 6 nitrogen and oxygen atoms in total. The van der Waals surface area contributed by atoms with Crippen LogP contribution >= 0.6 is 11.6 Å². The van der Waals surface area contributed by atoms with Crippen molar-refractivity contribution < 1.29 is 14.3 Å². The number of nitrogens with one attached hydrogen (secondary N) is 1. The Morgan fingerprint density at radius 1 is 1.06 bits per heavy atom. The second-order valence-corrected chi connectivity index (χ2v) is 8.93. The standard InChI is InChI=1S/C26H26ClN3O3/c27-21-5-3-4-18(14-21)16-30-12-9-19(10-13-30)26(31)29-25(22-6-1-2-11-28-22)20-7-8-23-24(15-20)33-17-32-23/h1-8,11,14-15,19,25H,9-10,12-13,16-17H2,(H,29,31). The lowest BCUT2D eigenvalue weighted by Gasteiger charge is -2.32. The molecule has 3 heterocycles. The fraction of sp³-hybridized carbons (Fsp3) is 0.308. The van der Waals surface area contributed by atoms with Crippen LogP contribution in [0.1, 0.15) is 35.7 Å². The quantitative estimate of drug-likeness (QED) is 0.579. The van der Waals surface area contributed by atoms with Crippen molar-refractivity contribution >= 4 is 17.5 Å². The van der Waals surface area contributed by atoms with Gasteiger partial charge in [0.25, 0.3) is 0 Å². The number of nitrogens with zero attached hydrogens (tertiary/aromatic N) is 2. The molecule has 7 heteroatoms. The van der Waals surface area contributed by atoms with Crippen LogP contribution in [0.5, 0.6) is 11.5 Å². The predicted molar refractivity (Wildman–Crippen MR) is 126 cm³/mol. The Hall–Kier alpha value is -3.09. The van der Waals surface area contributed by atoms with Crippen molar-refractivity contribution in [2.24, 2.45) is 5.92 Å². The molecular weight excluding hydrogens is 438 g/mol. The molecule has 2 aliphatic rings. The summed E-state index contributed by atoms with van der Waals surface area (Å²) in [5.74, 6) is 1.44. The van der Waals surface area contributed by atoms with Gasteiger partial charge < -0.3 is 14.8 Å². The van der Waals surface area contributed by atoms with Crippen molar-refractivity contribution in [1.29, 1.82) is 0 Å². The van der Waals surface area contributed by atoms with E-state index in [0.29, 0.717) is 5.75 Å². The van der Waals surface area contributed by atoms with Crippen LogP contribution in [-0.4, -0.2) is 35.7 Å². The van der Waals surface area contributed by atoms with Crippen molar-refractivity contribution in [2.45, 2.75) is 25.4 Å². The van der Waals surface area contributed by atoms with E-state index < -0.39 is 0 Å². The summed E-state index contributed by atoms with van der Waals surface area (Å²) in [6.07, 6.45) is 3.39. The topological polar surface area (TPSA) is 63.7 Å². The molecule has 1 fully saturated rings. The van der Waals surface area contributed by atoms with E-state index in [0.717, 1.165) is 54.5 Å². The van der Waals surface area contributed by atoms with Crippen molar-refractivity contribution in [2.75, 3.05) is 19.9 Å². The largest absolute Gasteiger partial charge is 0.454 e.